The zero-order chi connectivity index (χ0) is 14.1. The van der Waals surface area contributed by atoms with Crippen molar-refractivity contribution in [2.24, 2.45) is 5.73 Å². The Balaban J connectivity index is 0.00000361. The molecule has 1 aromatic rings. The van der Waals surface area contributed by atoms with Gasteiger partial charge in [-0.1, -0.05) is 12.1 Å². The molecular formula is C13H20ClN3O3. The highest BCUT2D eigenvalue weighted by atomic mass is 35.5. The number of amides is 2. The second-order valence-electron chi connectivity index (χ2n) is 3.84. The minimum atomic E-state index is -0.353. The van der Waals surface area contributed by atoms with Gasteiger partial charge < -0.3 is 21.1 Å². The number of carbonyl (C=O) groups is 2. The fourth-order valence-electron chi connectivity index (χ4n) is 1.43. The lowest BCUT2D eigenvalue weighted by Gasteiger charge is -2.08. The summed E-state index contributed by atoms with van der Waals surface area (Å²) >= 11 is 0. The van der Waals surface area contributed by atoms with E-state index in [1.807, 2.05) is 31.2 Å². The molecule has 0 saturated heterocycles. The van der Waals surface area contributed by atoms with Gasteiger partial charge in [0.2, 0.25) is 11.8 Å². The molecule has 20 heavy (non-hydrogen) atoms. The molecule has 4 N–H and O–H groups in total. The molecule has 0 atom stereocenters. The Kier molecular flexibility index (Phi) is 9.15. The van der Waals surface area contributed by atoms with Gasteiger partial charge in [0.15, 0.2) is 0 Å². The molecule has 2 amide bonds. The Morgan fingerprint density at radius 1 is 1.25 bits per heavy atom. The number of ether oxygens (including phenoxy) is 1. The van der Waals surface area contributed by atoms with Crippen molar-refractivity contribution < 1.29 is 14.3 Å². The summed E-state index contributed by atoms with van der Waals surface area (Å²) in [5.41, 5.74) is 6.05. The summed E-state index contributed by atoms with van der Waals surface area (Å²) in [7, 11) is 0. The van der Waals surface area contributed by atoms with Gasteiger partial charge >= 0.3 is 0 Å². The molecule has 0 aliphatic heterocycles. The molecule has 1 rings (SSSR count). The van der Waals surface area contributed by atoms with E-state index in [9.17, 15) is 9.59 Å². The molecule has 112 valence electrons. The smallest absolute Gasteiger partial charge is 0.239 e. The van der Waals surface area contributed by atoms with Gasteiger partial charge in [0.1, 0.15) is 5.75 Å². The van der Waals surface area contributed by atoms with Gasteiger partial charge in [-0.15, -0.1) is 12.4 Å². The van der Waals surface area contributed by atoms with E-state index in [4.69, 9.17) is 10.5 Å². The average molecular weight is 302 g/mol. The Bertz CT molecular complexity index is 441. The van der Waals surface area contributed by atoms with Crippen LogP contribution in [0.15, 0.2) is 24.3 Å². The second kappa shape index (κ2) is 10.1. The molecule has 0 fully saturated rings. The molecule has 0 aliphatic carbocycles. The highest BCUT2D eigenvalue weighted by Gasteiger charge is 2.04. The van der Waals surface area contributed by atoms with Gasteiger partial charge in [-0.05, 0) is 24.6 Å². The van der Waals surface area contributed by atoms with Crippen molar-refractivity contribution in [2.75, 3.05) is 19.7 Å². The normalized spacial score (nSPS) is 9.30. The number of hydrogen-bond acceptors (Lipinski definition) is 4. The van der Waals surface area contributed by atoms with Gasteiger partial charge in [0, 0.05) is 6.54 Å². The van der Waals surface area contributed by atoms with E-state index in [-0.39, 0.29) is 37.3 Å². The number of halogens is 1. The first-order chi connectivity index (χ1) is 9.15. The SMILES string of the molecule is CCOc1cccc(CNC(=O)CNC(=O)CN)c1.Cl. The van der Waals surface area contributed by atoms with E-state index < -0.39 is 0 Å². The lowest BCUT2D eigenvalue weighted by atomic mass is 10.2. The number of nitrogens with two attached hydrogens (primary N) is 1. The Hall–Kier alpha value is -1.79. The summed E-state index contributed by atoms with van der Waals surface area (Å²) in [6, 6.07) is 7.47. The Morgan fingerprint density at radius 3 is 2.65 bits per heavy atom. The standard InChI is InChI=1S/C13H19N3O3.ClH/c1-2-19-11-5-3-4-10(6-11)8-15-13(18)9-16-12(17)7-14;/h3-6H,2,7-9,14H2,1H3,(H,15,18)(H,16,17);1H. The van der Waals surface area contributed by atoms with Crippen LogP contribution in [-0.2, 0) is 16.1 Å². The molecule has 0 aliphatic rings. The molecule has 0 bridgehead atoms. The van der Waals surface area contributed by atoms with Crippen molar-refractivity contribution in [2.45, 2.75) is 13.5 Å². The highest BCUT2D eigenvalue weighted by molar-refractivity contribution is 5.85. The van der Waals surface area contributed by atoms with Crippen LogP contribution in [-0.4, -0.2) is 31.5 Å². The summed E-state index contributed by atoms with van der Waals surface area (Å²) in [5.74, 6) is 0.155. The highest BCUT2D eigenvalue weighted by Crippen LogP contribution is 2.12. The molecule has 0 heterocycles. The molecule has 7 heteroatoms. The van der Waals surface area contributed by atoms with Crippen LogP contribution in [0.25, 0.3) is 0 Å². The minimum absolute atomic E-state index is 0. The third-order valence-electron chi connectivity index (χ3n) is 2.33. The van der Waals surface area contributed by atoms with E-state index in [0.29, 0.717) is 13.2 Å². The van der Waals surface area contributed by atoms with Gasteiger partial charge in [-0.25, -0.2) is 0 Å². The van der Waals surface area contributed by atoms with Crippen LogP contribution >= 0.6 is 12.4 Å². The maximum atomic E-state index is 11.4. The van der Waals surface area contributed by atoms with Crippen molar-refractivity contribution in [3.05, 3.63) is 29.8 Å². The van der Waals surface area contributed by atoms with Crippen molar-refractivity contribution >= 4 is 24.2 Å². The zero-order valence-corrected chi connectivity index (χ0v) is 12.2. The number of carbonyl (C=O) groups excluding carboxylic acids is 2. The molecule has 1 aromatic carbocycles. The molecule has 0 unspecified atom stereocenters. The maximum Gasteiger partial charge on any atom is 0.239 e. The van der Waals surface area contributed by atoms with Crippen molar-refractivity contribution in [3.63, 3.8) is 0 Å². The van der Waals surface area contributed by atoms with Crippen LogP contribution < -0.4 is 21.1 Å². The van der Waals surface area contributed by atoms with Crippen LogP contribution in [0, 0.1) is 0 Å². The molecule has 0 radical (unpaired) electrons. The number of rotatable bonds is 7. The minimum Gasteiger partial charge on any atom is -0.494 e. The quantitative estimate of drug-likeness (QED) is 0.670. The summed E-state index contributed by atoms with van der Waals surface area (Å²) in [6.07, 6.45) is 0. The van der Waals surface area contributed by atoms with Gasteiger partial charge in [0.05, 0.1) is 19.7 Å². The monoisotopic (exact) mass is 301 g/mol. The van der Waals surface area contributed by atoms with E-state index in [1.165, 1.54) is 0 Å². The zero-order valence-electron chi connectivity index (χ0n) is 11.3. The first-order valence-electron chi connectivity index (χ1n) is 6.11. The van der Waals surface area contributed by atoms with Crippen LogP contribution in [0.5, 0.6) is 5.75 Å². The van der Waals surface area contributed by atoms with E-state index >= 15 is 0 Å². The molecule has 0 aromatic heterocycles. The lowest BCUT2D eigenvalue weighted by Crippen LogP contribution is -2.39. The van der Waals surface area contributed by atoms with Gasteiger partial charge in [-0.2, -0.15) is 0 Å². The predicted molar refractivity (Wildman–Crippen MR) is 78.8 cm³/mol. The Labute approximate surface area is 124 Å². The van der Waals surface area contributed by atoms with E-state index in [1.54, 1.807) is 0 Å². The topological polar surface area (TPSA) is 93.5 Å². The van der Waals surface area contributed by atoms with Gasteiger partial charge in [-0.3, -0.25) is 9.59 Å². The first-order valence-corrected chi connectivity index (χ1v) is 6.11. The maximum absolute atomic E-state index is 11.4. The van der Waals surface area contributed by atoms with Crippen molar-refractivity contribution in [1.29, 1.82) is 0 Å². The summed E-state index contributed by atoms with van der Waals surface area (Å²) in [6.45, 7) is 2.71. The number of hydrogen-bond donors (Lipinski definition) is 3. The van der Waals surface area contributed by atoms with Crippen molar-refractivity contribution in [1.82, 2.24) is 10.6 Å². The summed E-state index contributed by atoms with van der Waals surface area (Å²) in [5, 5.41) is 5.10. The van der Waals surface area contributed by atoms with Crippen LogP contribution in [0.3, 0.4) is 0 Å². The molecular weight excluding hydrogens is 282 g/mol. The predicted octanol–water partition coefficient (Wildman–Crippen LogP) is 0.198. The van der Waals surface area contributed by atoms with Gasteiger partial charge in [0.25, 0.3) is 0 Å². The van der Waals surface area contributed by atoms with Crippen molar-refractivity contribution in [3.8, 4) is 5.75 Å². The Morgan fingerprint density at radius 2 is 2.00 bits per heavy atom. The summed E-state index contributed by atoms with van der Waals surface area (Å²) < 4.78 is 5.36. The first kappa shape index (κ1) is 18.2. The molecule has 6 nitrogen and oxygen atoms in total. The van der Waals surface area contributed by atoms with Crippen LogP contribution in [0.4, 0.5) is 0 Å². The number of benzene rings is 1. The van der Waals surface area contributed by atoms with E-state index in [0.717, 1.165) is 11.3 Å². The lowest BCUT2D eigenvalue weighted by molar-refractivity contribution is -0.125. The molecule has 0 spiro atoms. The summed E-state index contributed by atoms with van der Waals surface area (Å²) in [4.78, 5) is 22.3. The second-order valence-corrected chi connectivity index (χ2v) is 3.84. The van der Waals surface area contributed by atoms with E-state index in [2.05, 4.69) is 10.6 Å². The molecule has 0 saturated carbocycles. The average Bonchev–Trinajstić information content (AvgIpc) is 2.43. The van der Waals surface area contributed by atoms with Crippen LogP contribution in [0.2, 0.25) is 0 Å². The third-order valence-corrected chi connectivity index (χ3v) is 2.33. The fraction of sp³-hybridized carbons (Fsp3) is 0.385. The fourth-order valence-corrected chi connectivity index (χ4v) is 1.43. The largest absolute Gasteiger partial charge is 0.494 e. The number of nitrogens with one attached hydrogen (secondary N) is 2. The van der Waals surface area contributed by atoms with Crippen LogP contribution in [0.1, 0.15) is 12.5 Å². The third kappa shape index (κ3) is 6.96.